The lowest BCUT2D eigenvalue weighted by molar-refractivity contribution is 0.145. The second-order valence-corrected chi connectivity index (χ2v) is 6.35. The summed E-state index contributed by atoms with van der Waals surface area (Å²) < 4.78 is 7.22. The normalized spacial score (nSPS) is 15.9. The predicted octanol–water partition coefficient (Wildman–Crippen LogP) is 1.15. The van der Waals surface area contributed by atoms with Crippen molar-refractivity contribution < 1.29 is 4.74 Å². The van der Waals surface area contributed by atoms with Gasteiger partial charge in [-0.25, -0.2) is 0 Å². The molecule has 1 aromatic rings. The Labute approximate surface area is 144 Å². The summed E-state index contributed by atoms with van der Waals surface area (Å²) >= 11 is 5.49. The minimum atomic E-state index is 0.781. The lowest BCUT2D eigenvalue weighted by Crippen LogP contribution is -2.51. The minimum Gasteiger partial charge on any atom is -0.382 e. The molecule has 2 rings (SSSR count). The Kier molecular flexibility index (Phi) is 7.26. The van der Waals surface area contributed by atoms with Crippen molar-refractivity contribution in [3.63, 3.8) is 0 Å². The van der Waals surface area contributed by atoms with E-state index < -0.39 is 0 Å². The maximum atomic E-state index is 5.49. The first kappa shape index (κ1) is 18.2. The van der Waals surface area contributed by atoms with Gasteiger partial charge in [-0.05, 0) is 32.5 Å². The summed E-state index contributed by atoms with van der Waals surface area (Å²) in [6.07, 6.45) is 3.11. The number of nitrogens with one attached hydrogen (secondary N) is 1. The number of ether oxygens (including phenoxy) is 1. The van der Waals surface area contributed by atoms with E-state index in [9.17, 15) is 0 Å². The highest BCUT2D eigenvalue weighted by molar-refractivity contribution is 7.80. The Morgan fingerprint density at radius 1 is 1.35 bits per heavy atom. The third-order valence-electron chi connectivity index (χ3n) is 4.11. The zero-order valence-electron chi connectivity index (χ0n) is 14.5. The van der Waals surface area contributed by atoms with E-state index in [-0.39, 0.29) is 0 Å². The van der Waals surface area contributed by atoms with Gasteiger partial charge < -0.3 is 15.0 Å². The first-order valence-corrected chi connectivity index (χ1v) is 8.83. The van der Waals surface area contributed by atoms with Crippen LogP contribution in [0, 0.1) is 6.92 Å². The van der Waals surface area contributed by atoms with Crippen LogP contribution in [0.5, 0.6) is 0 Å². The predicted molar refractivity (Wildman–Crippen MR) is 96.5 cm³/mol. The molecule has 0 spiro atoms. The number of aryl methyl sites for hydroxylation is 2. The van der Waals surface area contributed by atoms with Gasteiger partial charge in [-0.1, -0.05) is 0 Å². The van der Waals surface area contributed by atoms with E-state index in [1.54, 1.807) is 0 Å². The Hall–Kier alpha value is -1.18. The third-order valence-corrected chi connectivity index (χ3v) is 4.52. The van der Waals surface area contributed by atoms with Crippen molar-refractivity contribution in [2.45, 2.75) is 26.8 Å². The van der Waals surface area contributed by atoms with E-state index in [0.29, 0.717) is 0 Å². The third kappa shape index (κ3) is 5.75. The SMILES string of the molecule is CCOCCCNC(=S)N1CCN(Cc2cn(C)nc2C)CC1. The van der Waals surface area contributed by atoms with Crippen LogP contribution in [0.25, 0.3) is 0 Å². The molecule has 0 unspecified atom stereocenters. The zero-order chi connectivity index (χ0) is 16.7. The molecule has 6 nitrogen and oxygen atoms in total. The maximum absolute atomic E-state index is 5.49. The van der Waals surface area contributed by atoms with Crippen LogP contribution in [0.1, 0.15) is 24.6 Å². The molecular weight excluding hydrogens is 310 g/mol. The summed E-state index contributed by atoms with van der Waals surface area (Å²) in [5.74, 6) is 0. The van der Waals surface area contributed by atoms with Crippen molar-refractivity contribution in [1.29, 1.82) is 0 Å². The summed E-state index contributed by atoms with van der Waals surface area (Å²) in [5, 5.41) is 8.62. The molecular formula is C16H29N5OS. The van der Waals surface area contributed by atoms with Crippen LogP contribution in [0.15, 0.2) is 6.20 Å². The summed E-state index contributed by atoms with van der Waals surface area (Å²) in [6.45, 7) is 11.6. The molecule has 7 heteroatoms. The second kappa shape index (κ2) is 9.20. The Bertz CT molecular complexity index is 497. The molecule has 1 aliphatic rings. The van der Waals surface area contributed by atoms with Gasteiger partial charge in [0.1, 0.15) is 0 Å². The average molecular weight is 340 g/mol. The molecule has 0 aliphatic carbocycles. The van der Waals surface area contributed by atoms with Crippen LogP contribution < -0.4 is 5.32 Å². The van der Waals surface area contributed by atoms with Gasteiger partial charge in [0.25, 0.3) is 0 Å². The molecule has 0 aromatic carbocycles. The first-order chi connectivity index (χ1) is 11.1. The molecule has 1 aromatic heterocycles. The van der Waals surface area contributed by atoms with E-state index in [4.69, 9.17) is 17.0 Å². The molecule has 1 N–H and O–H groups in total. The fourth-order valence-electron chi connectivity index (χ4n) is 2.78. The van der Waals surface area contributed by atoms with E-state index in [1.165, 1.54) is 5.56 Å². The topological polar surface area (TPSA) is 45.6 Å². The quantitative estimate of drug-likeness (QED) is 0.594. The summed E-state index contributed by atoms with van der Waals surface area (Å²) in [6, 6.07) is 0. The zero-order valence-corrected chi connectivity index (χ0v) is 15.4. The summed E-state index contributed by atoms with van der Waals surface area (Å²) in [5.41, 5.74) is 2.44. The van der Waals surface area contributed by atoms with Crippen molar-refractivity contribution in [3.8, 4) is 0 Å². The van der Waals surface area contributed by atoms with Gasteiger partial charge in [0.2, 0.25) is 0 Å². The largest absolute Gasteiger partial charge is 0.382 e. The second-order valence-electron chi connectivity index (χ2n) is 5.96. The number of hydrogen-bond donors (Lipinski definition) is 1. The number of rotatable bonds is 7. The van der Waals surface area contributed by atoms with Crippen molar-refractivity contribution >= 4 is 17.3 Å². The Morgan fingerprint density at radius 3 is 2.70 bits per heavy atom. The molecule has 2 heterocycles. The molecule has 0 amide bonds. The summed E-state index contributed by atoms with van der Waals surface area (Å²) in [4.78, 5) is 4.74. The Balaban J connectivity index is 1.67. The van der Waals surface area contributed by atoms with Gasteiger partial charge in [0.15, 0.2) is 5.11 Å². The molecule has 23 heavy (non-hydrogen) atoms. The molecule has 1 saturated heterocycles. The molecule has 1 aliphatic heterocycles. The van der Waals surface area contributed by atoms with E-state index in [0.717, 1.165) is 69.7 Å². The number of thiocarbonyl (C=S) groups is 1. The average Bonchev–Trinajstić information content (AvgIpc) is 2.85. The number of hydrogen-bond acceptors (Lipinski definition) is 4. The minimum absolute atomic E-state index is 0.781. The van der Waals surface area contributed by atoms with Crippen molar-refractivity contribution in [2.75, 3.05) is 45.9 Å². The molecule has 130 valence electrons. The van der Waals surface area contributed by atoms with Gasteiger partial charge in [0.05, 0.1) is 5.69 Å². The monoisotopic (exact) mass is 339 g/mol. The highest BCUT2D eigenvalue weighted by Gasteiger charge is 2.19. The molecule has 0 saturated carbocycles. The lowest BCUT2D eigenvalue weighted by atomic mass is 10.2. The van der Waals surface area contributed by atoms with Crippen molar-refractivity contribution in [2.24, 2.45) is 7.05 Å². The highest BCUT2D eigenvalue weighted by Crippen LogP contribution is 2.11. The maximum Gasteiger partial charge on any atom is 0.169 e. The highest BCUT2D eigenvalue weighted by atomic mass is 32.1. The van der Waals surface area contributed by atoms with E-state index in [1.807, 2.05) is 18.7 Å². The lowest BCUT2D eigenvalue weighted by Gasteiger charge is -2.36. The van der Waals surface area contributed by atoms with Crippen LogP contribution >= 0.6 is 12.2 Å². The fourth-order valence-corrected chi connectivity index (χ4v) is 3.06. The van der Waals surface area contributed by atoms with Crippen LogP contribution in [0.4, 0.5) is 0 Å². The summed E-state index contributed by atoms with van der Waals surface area (Å²) in [7, 11) is 1.98. The number of aromatic nitrogens is 2. The molecule has 0 radical (unpaired) electrons. The van der Waals surface area contributed by atoms with Crippen LogP contribution in [0.2, 0.25) is 0 Å². The van der Waals surface area contributed by atoms with Gasteiger partial charge in [-0.15, -0.1) is 0 Å². The smallest absolute Gasteiger partial charge is 0.169 e. The van der Waals surface area contributed by atoms with Crippen molar-refractivity contribution in [1.82, 2.24) is 24.9 Å². The van der Waals surface area contributed by atoms with Gasteiger partial charge in [-0.2, -0.15) is 5.10 Å². The van der Waals surface area contributed by atoms with E-state index in [2.05, 4.69) is 33.3 Å². The van der Waals surface area contributed by atoms with Gasteiger partial charge >= 0.3 is 0 Å². The Morgan fingerprint density at radius 2 is 2.09 bits per heavy atom. The first-order valence-electron chi connectivity index (χ1n) is 8.42. The number of piperazine rings is 1. The molecule has 1 fully saturated rings. The van der Waals surface area contributed by atoms with Gasteiger partial charge in [0, 0.05) is 71.3 Å². The molecule has 0 bridgehead atoms. The fraction of sp³-hybridized carbons (Fsp3) is 0.750. The molecule has 0 atom stereocenters. The van der Waals surface area contributed by atoms with Crippen LogP contribution in [-0.2, 0) is 18.3 Å². The standard InChI is InChI=1S/C16H29N5OS/c1-4-22-11-5-6-17-16(23)21-9-7-20(8-10-21)13-15-12-19(3)18-14(15)2/h12H,4-11,13H2,1-3H3,(H,17,23). The van der Waals surface area contributed by atoms with E-state index >= 15 is 0 Å². The number of nitrogens with zero attached hydrogens (tertiary/aromatic N) is 4. The van der Waals surface area contributed by atoms with Crippen LogP contribution in [0.3, 0.4) is 0 Å². The van der Waals surface area contributed by atoms with Crippen molar-refractivity contribution in [3.05, 3.63) is 17.5 Å². The van der Waals surface area contributed by atoms with Gasteiger partial charge in [-0.3, -0.25) is 9.58 Å². The van der Waals surface area contributed by atoms with Crippen LogP contribution in [-0.4, -0.2) is 70.6 Å².